The summed E-state index contributed by atoms with van der Waals surface area (Å²) in [4.78, 5) is 2.84. The predicted octanol–water partition coefficient (Wildman–Crippen LogP) is 4.91. The topological polar surface area (TPSA) is 12.0 Å². The van der Waals surface area contributed by atoms with Gasteiger partial charge in [-0.3, -0.25) is 0 Å². The summed E-state index contributed by atoms with van der Waals surface area (Å²) in [5, 5.41) is 3.58. The maximum atomic E-state index is 3.60. The van der Waals surface area contributed by atoms with Crippen molar-refractivity contribution in [3.05, 3.63) is 20.3 Å². The highest BCUT2D eigenvalue weighted by molar-refractivity contribution is 9.10. The minimum absolute atomic E-state index is 0.530. The van der Waals surface area contributed by atoms with Gasteiger partial charge in [0.2, 0.25) is 0 Å². The molecular weight excluding hydrogens is 282 g/mol. The highest BCUT2D eigenvalue weighted by atomic mass is 79.9. The molecule has 16 heavy (non-hydrogen) atoms. The lowest BCUT2D eigenvalue weighted by molar-refractivity contribution is 0.453. The fourth-order valence-electron chi connectivity index (χ4n) is 1.74. The molecule has 1 aromatic rings. The van der Waals surface area contributed by atoms with Crippen molar-refractivity contribution < 1.29 is 0 Å². The van der Waals surface area contributed by atoms with E-state index in [2.05, 4.69) is 55.0 Å². The van der Waals surface area contributed by atoms with Crippen molar-refractivity contribution in [1.82, 2.24) is 5.32 Å². The van der Waals surface area contributed by atoms with Crippen LogP contribution in [0, 0.1) is 12.8 Å². The standard InChI is InChI=1S/C13H22BrNS/c1-5-15-12(7-6-9(2)3)13-8-11(14)10(4)16-13/h8-9,12,15H,5-7H2,1-4H3. The Hall–Kier alpha value is 0.140. The molecule has 0 aliphatic heterocycles. The van der Waals surface area contributed by atoms with Crippen molar-refractivity contribution >= 4 is 27.3 Å². The Bertz CT molecular complexity index is 300. The maximum Gasteiger partial charge on any atom is 0.0415 e. The van der Waals surface area contributed by atoms with Gasteiger partial charge < -0.3 is 5.32 Å². The van der Waals surface area contributed by atoms with Crippen molar-refractivity contribution in [2.45, 2.75) is 46.6 Å². The summed E-state index contributed by atoms with van der Waals surface area (Å²) in [7, 11) is 0. The fourth-order valence-corrected chi connectivity index (χ4v) is 3.42. The van der Waals surface area contributed by atoms with Crippen LogP contribution in [0.2, 0.25) is 0 Å². The van der Waals surface area contributed by atoms with Gasteiger partial charge in [-0.2, -0.15) is 0 Å². The molecule has 0 radical (unpaired) electrons. The largest absolute Gasteiger partial charge is 0.310 e. The molecule has 92 valence electrons. The number of rotatable bonds is 6. The predicted molar refractivity (Wildman–Crippen MR) is 77.2 cm³/mol. The van der Waals surface area contributed by atoms with Crippen LogP contribution in [0.15, 0.2) is 10.5 Å². The van der Waals surface area contributed by atoms with Gasteiger partial charge >= 0.3 is 0 Å². The Kier molecular flexibility index (Phi) is 6.01. The van der Waals surface area contributed by atoms with Gasteiger partial charge in [0.15, 0.2) is 0 Å². The molecule has 1 aromatic heterocycles. The summed E-state index contributed by atoms with van der Waals surface area (Å²) in [6, 6.07) is 2.80. The van der Waals surface area contributed by atoms with Gasteiger partial charge in [0.25, 0.3) is 0 Å². The van der Waals surface area contributed by atoms with E-state index < -0.39 is 0 Å². The first-order valence-electron chi connectivity index (χ1n) is 6.03. The highest BCUT2D eigenvalue weighted by Gasteiger charge is 2.14. The molecule has 1 unspecified atom stereocenters. The number of nitrogens with one attached hydrogen (secondary N) is 1. The van der Waals surface area contributed by atoms with Crippen LogP contribution in [0.5, 0.6) is 0 Å². The van der Waals surface area contributed by atoms with Gasteiger partial charge in [-0.1, -0.05) is 20.8 Å². The summed E-state index contributed by atoms with van der Waals surface area (Å²) in [6.07, 6.45) is 2.52. The zero-order valence-electron chi connectivity index (χ0n) is 10.6. The van der Waals surface area contributed by atoms with E-state index >= 15 is 0 Å². The van der Waals surface area contributed by atoms with Crippen molar-refractivity contribution in [3.8, 4) is 0 Å². The van der Waals surface area contributed by atoms with Crippen LogP contribution in [0.4, 0.5) is 0 Å². The van der Waals surface area contributed by atoms with Crippen molar-refractivity contribution in [1.29, 1.82) is 0 Å². The molecule has 0 amide bonds. The number of thiophene rings is 1. The first kappa shape index (κ1) is 14.2. The van der Waals surface area contributed by atoms with Gasteiger partial charge in [-0.05, 0) is 54.2 Å². The molecule has 1 N–H and O–H groups in total. The minimum Gasteiger partial charge on any atom is -0.310 e. The molecule has 0 aliphatic carbocycles. The average Bonchev–Trinajstić information content (AvgIpc) is 2.53. The zero-order valence-corrected chi connectivity index (χ0v) is 13.0. The molecule has 0 bridgehead atoms. The molecule has 1 nitrogen and oxygen atoms in total. The third-order valence-electron chi connectivity index (χ3n) is 2.70. The Morgan fingerprint density at radius 1 is 1.38 bits per heavy atom. The van der Waals surface area contributed by atoms with Crippen molar-refractivity contribution in [2.24, 2.45) is 5.92 Å². The quantitative estimate of drug-likeness (QED) is 0.787. The van der Waals surface area contributed by atoms with Gasteiger partial charge in [0.05, 0.1) is 0 Å². The lowest BCUT2D eigenvalue weighted by Crippen LogP contribution is -2.20. The number of hydrogen-bond acceptors (Lipinski definition) is 2. The molecule has 0 aromatic carbocycles. The van der Waals surface area contributed by atoms with E-state index in [1.807, 2.05) is 11.3 Å². The second-order valence-electron chi connectivity index (χ2n) is 4.63. The van der Waals surface area contributed by atoms with Crippen LogP contribution in [0.1, 0.15) is 49.4 Å². The van der Waals surface area contributed by atoms with Crippen LogP contribution in [-0.4, -0.2) is 6.54 Å². The van der Waals surface area contributed by atoms with Crippen LogP contribution < -0.4 is 5.32 Å². The van der Waals surface area contributed by atoms with E-state index in [1.54, 1.807) is 0 Å². The summed E-state index contributed by atoms with van der Waals surface area (Å²) in [5.41, 5.74) is 0. The first-order valence-corrected chi connectivity index (χ1v) is 7.64. The van der Waals surface area contributed by atoms with E-state index in [4.69, 9.17) is 0 Å². The Balaban J connectivity index is 2.68. The summed E-state index contributed by atoms with van der Waals surface area (Å²) < 4.78 is 1.25. The van der Waals surface area contributed by atoms with Crippen molar-refractivity contribution in [2.75, 3.05) is 6.54 Å². The van der Waals surface area contributed by atoms with Gasteiger partial charge in [-0.25, -0.2) is 0 Å². The lowest BCUT2D eigenvalue weighted by Gasteiger charge is -2.17. The fraction of sp³-hybridized carbons (Fsp3) is 0.692. The second-order valence-corrected chi connectivity index (χ2v) is 6.78. The van der Waals surface area contributed by atoms with Gasteiger partial charge in [0, 0.05) is 20.3 Å². The maximum absolute atomic E-state index is 3.60. The molecule has 1 rings (SSSR count). The minimum atomic E-state index is 0.530. The average molecular weight is 304 g/mol. The monoisotopic (exact) mass is 303 g/mol. The van der Waals surface area contributed by atoms with Gasteiger partial charge in [0.1, 0.15) is 0 Å². The SMILES string of the molecule is CCNC(CCC(C)C)c1cc(Br)c(C)s1. The summed E-state index contributed by atoms with van der Waals surface area (Å²) in [5.74, 6) is 0.783. The normalized spacial score (nSPS) is 13.4. The Morgan fingerprint density at radius 3 is 2.50 bits per heavy atom. The number of halogens is 1. The molecule has 0 spiro atoms. The molecule has 1 heterocycles. The summed E-state index contributed by atoms with van der Waals surface area (Å²) in [6.45, 7) is 9.97. The van der Waals surface area contributed by atoms with E-state index in [9.17, 15) is 0 Å². The smallest absolute Gasteiger partial charge is 0.0415 e. The zero-order chi connectivity index (χ0) is 12.1. The molecule has 3 heteroatoms. The Morgan fingerprint density at radius 2 is 2.06 bits per heavy atom. The van der Waals surface area contributed by atoms with E-state index in [-0.39, 0.29) is 0 Å². The number of aryl methyl sites for hydroxylation is 1. The van der Waals surface area contributed by atoms with E-state index in [0.29, 0.717) is 6.04 Å². The molecule has 1 atom stereocenters. The molecule has 0 saturated heterocycles. The first-order chi connectivity index (χ1) is 7.54. The molecule has 0 aliphatic rings. The number of hydrogen-bond donors (Lipinski definition) is 1. The van der Waals surface area contributed by atoms with E-state index in [0.717, 1.165) is 12.5 Å². The lowest BCUT2D eigenvalue weighted by atomic mass is 10.0. The molecule has 0 fully saturated rings. The van der Waals surface area contributed by atoms with Crippen molar-refractivity contribution in [3.63, 3.8) is 0 Å². The third kappa shape index (κ3) is 4.19. The summed E-state index contributed by atoms with van der Waals surface area (Å²) >= 11 is 5.50. The van der Waals surface area contributed by atoms with Crippen LogP contribution in [-0.2, 0) is 0 Å². The Labute approximate surface area is 112 Å². The molecular formula is C13H22BrNS. The molecule has 0 saturated carbocycles. The van der Waals surface area contributed by atoms with Crippen LogP contribution in [0.3, 0.4) is 0 Å². The second kappa shape index (κ2) is 6.77. The third-order valence-corrected chi connectivity index (χ3v) is 4.95. The highest BCUT2D eigenvalue weighted by Crippen LogP contribution is 2.33. The van der Waals surface area contributed by atoms with Crippen LogP contribution >= 0.6 is 27.3 Å². The van der Waals surface area contributed by atoms with E-state index in [1.165, 1.54) is 27.1 Å². The van der Waals surface area contributed by atoms with Gasteiger partial charge in [-0.15, -0.1) is 11.3 Å². The van der Waals surface area contributed by atoms with Crippen LogP contribution in [0.25, 0.3) is 0 Å².